The van der Waals surface area contributed by atoms with Crippen LogP contribution in [-0.2, 0) is 9.53 Å². The number of alkyl halides is 1. The van der Waals surface area contributed by atoms with Crippen LogP contribution < -0.4 is 0 Å². The molecule has 0 saturated heterocycles. The van der Waals surface area contributed by atoms with Gasteiger partial charge in [-0.25, -0.2) is 4.79 Å². The zero-order valence-electron chi connectivity index (χ0n) is 5.63. The SMILES string of the molecule is COC(=O)C1=NCCC1Cl. The van der Waals surface area contributed by atoms with E-state index in [1.807, 2.05) is 0 Å². The van der Waals surface area contributed by atoms with Crippen molar-refractivity contribution >= 4 is 23.3 Å². The quantitative estimate of drug-likeness (QED) is 0.418. The van der Waals surface area contributed by atoms with Gasteiger partial charge in [-0.1, -0.05) is 0 Å². The number of methoxy groups -OCH3 is 1. The van der Waals surface area contributed by atoms with Crippen molar-refractivity contribution in [3.05, 3.63) is 0 Å². The van der Waals surface area contributed by atoms with Crippen LogP contribution in [0, 0.1) is 0 Å². The highest BCUT2D eigenvalue weighted by Crippen LogP contribution is 2.12. The second-order valence-electron chi connectivity index (χ2n) is 2.01. The summed E-state index contributed by atoms with van der Waals surface area (Å²) in [5.74, 6) is -0.405. The van der Waals surface area contributed by atoms with Gasteiger partial charge in [0.05, 0.1) is 12.5 Å². The summed E-state index contributed by atoms with van der Waals surface area (Å²) in [6.45, 7) is 0.638. The summed E-state index contributed by atoms with van der Waals surface area (Å²) in [6, 6.07) is 0. The zero-order chi connectivity index (χ0) is 7.56. The van der Waals surface area contributed by atoms with Crippen LogP contribution in [-0.4, -0.2) is 30.7 Å². The summed E-state index contributed by atoms with van der Waals surface area (Å²) >= 11 is 5.72. The third kappa shape index (κ3) is 1.29. The third-order valence-electron chi connectivity index (χ3n) is 1.36. The van der Waals surface area contributed by atoms with Crippen LogP contribution in [0.2, 0.25) is 0 Å². The van der Waals surface area contributed by atoms with Crippen molar-refractivity contribution in [2.45, 2.75) is 11.8 Å². The van der Waals surface area contributed by atoms with Crippen LogP contribution in [0.15, 0.2) is 4.99 Å². The molecule has 0 aromatic heterocycles. The van der Waals surface area contributed by atoms with Crippen LogP contribution in [0.1, 0.15) is 6.42 Å². The Bertz CT molecular complexity index is 179. The molecule has 0 saturated carbocycles. The minimum absolute atomic E-state index is 0.243. The zero-order valence-corrected chi connectivity index (χ0v) is 6.39. The molecule has 1 heterocycles. The van der Waals surface area contributed by atoms with Crippen molar-refractivity contribution in [2.24, 2.45) is 4.99 Å². The lowest BCUT2D eigenvalue weighted by Gasteiger charge is -2.00. The second-order valence-corrected chi connectivity index (χ2v) is 2.54. The smallest absolute Gasteiger partial charge is 0.353 e. The summed E-state index contributed by atoms with van der Waals surface area (Å²) in [5.41, 5.74) is 0.365. The average Bonchev–Trinajstić information content (AvgIpc) is 2.34. The van der Waals surface area contributed by atoms with E-state index in [2.05, 4.69) is 9.73 Å². The predicted molar refractivity (Wildman–Crippen MR) is 38.6 cm³/mol. The average molecular weight is 162 g/mol. The lowest BCUT2D eigenvalue weighted by Crippen LogP contribution is -2.21. The van der Waals surface area contributed by atoms with E-state index in [1.165, 1.54) is 7.11 Å². The Hall–Kier alpha value is -0.570. The molecule has 0 spiro atoms. The van der Waals surface area contributed by atoms with Gasteiger partial charge >= 0.3 is 5.97 Å². The first-order chi connectivity index (χ1) is 4.75. The topological polar surface area (TPSA) is 38.7 Å². The number of esters is 1. The molecule has 0 aliphatic carbocycles. The molecule has 0 radical (unpaired) electrons. The van der Waals surface area contributed by atoms with E-state index in [0.29, 0.717) is 12.3 Å². The van der Waals surface area contributed by atoms with Crippen molar-refractivity contribution < 1.29 is 9.53 Å². The third-order valence-corrected chi connectivity index (χ3v) is 1.78. The fourth-order valence-corrected chi connectivity index (χ4v) is 1.09. The molecule has 1 aliphatic heterocycles. The molecular formula is C6H8ClNO2. The van der Waals surface area contributed by atoms with Gasteiger partial charge < -0.3 is 4.74 Å². The van der Waals surface area contributed by atoms with Gasteiger partial charge in [-0.3, -0.25) is 4.99 Å². The van der Waals surface area contributed by atoms with Crippen LogP contribution in [0.4, 0.5) is 0 Å². The number of carbonyl (C=O) groups is 1. The molecule has 1 aliphatic rings. The number of halogens is 1. The van der Waals surface area contributed by atoms with Crippen LogP contribution in [0.25, 0.3) is 0 Å². The molecule has 10 heavy (non-hydrogen) atoms. The highest BCUT2D eigenvalue weighted by atomic mass is 35.5. The van der Waals surface area contributed by atoms with Gasteiger partial charge in [-0.2, -0.15) is 0 Å². The number of carbonyl (C=O) groups excluding carboxylic acids is 1. The first kappa shape index (κ1) is 7.54. The Morgan fingerprint density at radius 3 is 3.00 bits per heavy atom. The summed E-state index contributed by atoms with van der Waals surface area (Å²) < 4.78 is 4.45. The standard InChI is InChI=1S/C6H8ClNO2/c1-10-6(9)5-4(7)2-3-8-5/h4H,2-3H2,1H3. The lowest BCUT2D eigenvalue weighted by atomic mass is 10.2. The molecule has 1 rings (SSSR count). The summed E-state index contributed by atoms with van der Waals surface area (Å²) in [7, 11) is 1.33. The van der Waals surface area contributed by atoms with E-state index in [1.54, 1.807) is 0 Å². The van der Waals surface area contributed by atoms with Crippen LogP contribution >= 0.6 is 11.6 Å². The Labute approximate surface area is 64.0 Å². The molecule has 3 nitrogen and oxygen atoms in total. The first-order valence-electron chi connectivity index (χ1n) is 3.02. The minimum atomic E-state index is -0.405. The van der Waals surface area contributed by atoms with E-state index in [-0.39, 0.29) is 5.38 Å². The van der Waals surface area contributed by atoms with Crippen LogP contribution in [0.3, 0.4) is 0 Å². The van der Waals surface area contributed by atoms with Gasteiger partial charge in [0.15, 0.2) is 0 Å². The van der Waals surface area contributed by atoms with Gasteiger partial charge in [0.2, 0.25) is 0 Å². The second kappa shape index (κ2) is 3.01. The van der Waals surface area contributed by atoms with Crippen molar-refractivity contribution in [1.82, 2.24) is 0 Å². The highest BCUT2D eigenvalue weighted by molar-refractivity contribution is 6.50. The Morgan fingerprint density at radius 1 is 1.90 bits per heavy atom. The van der Waals surface area contributed by atoms with E-state index in [4.69, 9.17) is 11.6 Å². The Balaban J connectivity index is 2.63. The molecule has 0 aromatic rings. The minimum Gasteiger partial charge on any atom is -0.465 e. The number of ether oxygens (including phenoxy) is 1. The van der Waals surface area contributed by atoms with Gasteiger partial charge in [0.1, 0.15) is 5.71 Å². The predicted octanol–water partition coefficient (Wildman–Crippen LogP) is 0.611. The molecule has 56 valence electrons. The molecular weight excluding hydrogens is 154 g/mol. The van der Waals surface area contributed by atoms with Gasteiger partial charge in [-0.15, -0.1) is 11.6 Å². The summed E-state index contributed by atoms with van der Waals surface area (Å²) in [4.78, 5) is 14.7. The number of hydrogen-bond acceptors (Lipinski definition) is 3. The number of hydrogen-bond donors (Lipinski definition) is 0. The van der Waals surface area contributed by atoms with E-state index >= 15 is 0 Å². The molecule has 1 atom stereocenters. The monoisotopic (exact) mass is 161 g/mol. The first-order valence-corrected chi connectivity index (χ1v) is 3.46. The Morgan fingerprint density at radius 2 is 2.60 bits per heavy atom. The molecule has 1 unspecified atom stereocenters. The summed E-state index contributed by atoms with van der Waals surface area (Å²) in [6.07, 6.45) is 0.742. The van der Waals surface area contributed by atoms with Crippen molar-refractivity contribution in [1.29, 1.82) is 0 Å². The lowest BCUT2D eigenvalue weighted by molar-refractivity contribution is -0.132. The molecule has 0 fully saturated rings. The molecule has 0 bridgehead atoms. The van der Waals surface area contributed by atoms with Gasteiger partial charge in [0.25, 0.3) is 0 Å². The maximum atomic E-state index is 10.8. The van der Waals surface area contributed by atoms with Gasteiger partial charge in [-0.05, 0) is 6.42 Å². The number of nitrogens with zero attached hydrogens (tertiary/aromatic N) is 1. The number of rotatable bonds is 1. The number of aliphatic imine (C=N–C) groups is 1. The Kier molecular flexibility index (Phi) is 2.27. The fraction of sp³-hybridized carbons (Fsp3) is 0.667. The van der Waals surface area contributed by atoms with Crippen LogP contribution in [0.5, 0.6) is 0 Å². The molecule has 0 amide bonds. The van der Waals surface area contributed by atoms with Crippen molar-refractivity contribution in [2.75, 3.05) is 13.7 Å². The van der Waals surface area contributed by atoms with Crippen molar-refractivity contribution in [3.8, 4) is 0 Å². The van der Waals surface area contributed by atoms with Crippen molar-refractivity contribution in [3.63, 3.8) is 0 Å². The maximum absolute atomic E-state index is 10.8. The molecule has 0 aromatic carbocycles. The molecule has 4 heteroatoms. The van der Waals surface area contributed by atoms with E-state index < -0.39 is 5.97 Å². The summed E-state index contributed by atoms with van der Waals surface area (Å²) in [5, 5.41) is -0.243. The van der Waals surface area contributed by atoms with Gasteiger partial charge in [0, 0.05) is 6.54 Å². The van der Waals surface area contributed by atoms with E-state index in [0.717, 1.165) is 6.42 Å². The largest absolute Gasteiger partial charge is 0.465 e. The van der Waals surface area contributed by atoms with E-state index in [9.17, 15) is 4.79 Å². The highest BCUT2D eigenvalue weighted by Gasteiger charge is 2.25. The fourth-order valence-electron chi connectivity index (χ4n) is 0.831. The maximum Gasteiger partial charge on any atom is 0.353 e. The normalized spacial score (nSPS) is 24.2. The molecule has 0 N–H and O–H groups in total.